The van der Waals surface area contributed by atoms with Crippen LogP contribution in [0.3, 0.4) is 0 Å². The average molecular weight is 260 g/mol. The molecular formula is C13H12N2O4. The minimum atomic E-state index is -0.160. The molecule has 2 heterocycles. The van der Waals surface area contributed by atoms with Crippen molar-refractivity contribution in [3.05, 3.63) is 35.6 Å². The summed E-state index contributed by atoms with van der Waals surface area (Å²) >= 11 is 0. The number of aryl methyl sites for hydroxylation is 1. The quantitative estimate of drug-likeness (QED) is 0.912. The maximum absolute atomic E-state index is 11.8. The van der Waals surface area contributed by atoms with Gasteiger partial charge in [-0.15, -0.1) is 0 Å². The van der Waals surface area contributed by atoms with E-state index in [4.69, 9.17) is 14.0 Å². The zero-order valence-corrected chi connectivity index (χ0v) is 10.3. The van der Waals surface area contributed by atoms with Gasteiger partial charge in [-0.25, -0.2) is 0 Å². The largest absolute Gasteiger partial charge is 0.454 e. The average Bonchev–Trinajstić information content (AvgIpc) is 2.97. The first-order valence-electron chi connectivity index (χ1n) is 5.82. The molecule has 1 aromatic carbocycles. The standard InChI is InChI=1S/C13H12N2O4/c1-8-4-12(15-19-8)14-13(16)6-9-2-3-10-11(5-9)18-7-17-10/h2-5H,6-7H2,1H3,(H,14,15,16). The van der Waals surface area contributed by atoms with E-state index in [1.165, 1.54) is 0 Å². The number of nitrogens with zero attached hydrogens (tertiary/aromatic N) is 1. The van der Waals surface area contributed by atoms with Crippen molar-refractivity contribution < 1.29 is 18.8 Å². The number of ether oxygens (including phenoxy) is 2. The number of amides is 1. The van der Waals surface area contributed by atoms with Crippen LogP contribution in [0.5, 0.6) is 11.5 Å². The molecule has 1 aromatic heterocycles. The van der Waals surface area contributed by atoms with E-state index in [2.05, 4.69) is 10.5 Å². The van der Waals surface area contributed by atoms with Crippen molar-refractivity contribution in [3.8, 4) is 11.5 Å². The van der Waals surface area contributed by atoms with Crippen LogP contribution >= 0.6 is 0 Å². The van der Waals surface area contributed by atoms with E-state index in [0.29, 0.717) is 23.1 Å². The molecule has 0 spiro atoms. The molecule has 0 radical (unpaired) electrons. The molecule has 0 bridgehead atoms. The number of rotatable bonds is 3. The van der Waals surface area contributed by atoms with Gasteiger partial charge < -0.3 is 19.3 Å². The summed E-state index contributed by atoms with van der Waals surface area (Å²) in [6, 6.07) is 7.10. The van der Waals surface area contributed by atoms with E-state index in [1.54, 1.807) is 25.1 Å². The first kappa shape index (κ1) is 11.6. The van der Waals surface area contributed by atoms with Gasteiger partial charge in [0.25, 0.3) is 0 Å². The molecule has 3 rings (SSSR count). The van der Waals surface area contributed by atoms with Crippen LogP contribution in [0.4, 0.5) is 5.82 Å². The van der Waals surface area contributed by atoms with Gasteiger partial charge in [0.1, 0.15) is 5.76 Å². The fourth-order valence-corrected chi connectivity index (χ4v) is 1.85. The van der Waals surface area contributed by atoms with E-state index < -0.39 is 0 Å². The van der Waals surface area contributed by atoms with Crippen molar-refractivity contribution in [2.75, 3.05) is 12.1 Å². The molecule has 98 valence electrons. The predicted molar refractivity (Wildman–Crippen MR) is 66.1 cm³/mol. The Balaban J connectivity index is 1.66. The number of hydrogen-bond donors (Lipinski definition) is 1. The fraction of sp³-hybridized carbons (Fsp3) is 0.231. The summed E-state index contributed by atoms with van der Waals surface area (Å²) in [6.07, 6.45) is 0.239. The van der Waals surface area contributed by atoms with Crippen molar-refractivity contribution >= 4 is 11.7 Å². The first-order valence-corrected chi connectivity index (χ1v) is 5.82. The summed E-state index contributed by atoms with van der Waals surface area (Å²) in [7, 11) is 0. The molecule has 19 heavy (non-hydrogen) atoms. The molecule has 0 saturated carbocycles. The lowest BCUT2D eigenvalue weighted by Gasteiger charge is -2.03. The third-order valence-electron chi connectivity index (χ3n) is 2.70. The highest BCUT2D eigenvalue weighted by atomic mass is 16.7. The summed E-state index contributed by atoms with van der Waals surface area (Å²) in [5.74, 6) is 2.28. The molecule has 6 nitrogen and oxygen atoms in total. The Morgan fingerprint density at radius 1 is 1.32 bits per heavy atom. The monoisotopic (exact) mass is 260 g/mol. The summed E-state index contributed by atoms with van der Waals surface area (Å²) < 4.78 is 15.3. The van der Waals surface area contributed by atoms with Crippen LogP contribution in [0.15, 0.2) is 28.8 Å². The predicted octanol–water partition coefficient (Wildman–Crippen LogP) is 1.89. The van der Waals surface area contributed by atoms with E-state index >= 15 is 0 Å². The smallest absolute Gasteiger partial charge is 0.231 e. The Morgan fingerprint density at radius 2 is 2.16 bits per heavy atom. The second-order valence-corrected chi connectivity index (χ2v) is 4.24. The van der Waals surface area contributed by atoms with Gasteiger partial charge in [0, 0.05) is 6.07 Å². The Morgan fingerprint density at radius 3 is 2.95 bits per heavy atom. The van der Waals surface area contributed by atoms with Gasteiger partial charge in [-0.1, -0.05) is 11.2 Å². The van der Waals surface area contributed by atoms with E-state index in [1.807, 2.05) is 6.07 Å². The molecule has 0 unspecified atom stereocenters. The number of aromatic nitrogens is 1. The van der Waals surface area contributed by atoms with Crippen LogP contribution in [0.2, 0.25) is 0 Å². The summed E-state index contributed by atoms with van der Waals surface area (Å²) in [5.41, 5.74) is 0.849. The summed E-state index contributed by atoms with van der Waals surface area (Å²) in [6.45, 7) is 1.99. The third-order valence-corrected chi connectivity index (χ3v) is 2.70. The molecule has 6 heteroatoms. The maximum Gasteiger partial charge on any atom is 0.231 e. The van der Waals surface area contributed by atoms with Crippen molar-refractivity contribution in [2.24, 2.45) is 0 Å². The van der Waals surface area contributed by atoms with Gasteiger partial charge in [-0.3, -0.25) is 4.79 Å². The van der Waals surface area contributed by atoms with Gasteiger partial charge in [-0.05, 0) is 24.6 Å². The number of fused-ring (bicyclic) bond motifs is 1. The van der Waals surface area contributed by atoms with E-state index in [-0.39, 0.29) is 19.1 Å². The lowest BCUT2D eigenvalue weighted by Crippen LogP contribution is -2.14. The van der Waals surface area contributed by atoms with Crippen molar-refractivity contribution in [2.45, 2.75) is 13.3 Å². The van der Waals surface area contributed by atoms with E-state index in [9.17, 15) is 4.79 Å². The molecule has 0 atom stereocenters. The van der Waals surface area contributed by atoms with Crippen LogP contribution < -0.4 is 14.8 Å². The maximum atomic E-state index is 11.8. The number of anilines is 1. The molecular weight excluding hydrogens is 248 g/mol. The number of benzene rings is 1. The molecule has 1 aliphatic rings. The number of carbonyl (C=O) groups excluding carboxylic acids is 1. The summed E-state index contributed by atoms with van der Waals surface area (Å²) in [5, 5.41) is 6.37. The number of hydrogen-bond acceptors (Lipinski definition) is 5. The Bertz CT molecular complexity index is 621. The highest BCUT2D eigenvalue weighted by Crippen LogP contribution is 2.32. The number of nitrogens with one attached hydrogen (secondary N) is 1. The molecule has 1 amide bonds. The SMILES string of the molecule is Cc1cc(NC(=O)Cc2ccc3c(c2)OCO3)no1. The lowest BCUT2D eigenvalue weighted by molar-refractivity contribution is -0.115. The Kier molecular flexibility index (Phi) is 2.83. The van der Waals surface area contributed by atoms with Gasteiger partial charge in [0.15, 0.2) is 17.3 Å². The van der Waals surface area contributed by atoms with Crippen LogP contribution in [0.1, 0.15) is 11.3 Å². The molecule has 1 aliphatic heterocycles. The molecule has 1 N–H and O–H groups in total. The first-order chi connectivity index (χ1) is 9.20. The van der Waals surface area contributed by atoms with Crippen LogP contribution in [-0.4, -0.2) is 17.9 Å². The van der Waals surface area contributed by atoms with Crippen LogP contribution in [0, 0.1) is 6.92 Å². The molecule has 2 aromatic rings. The van der Waals surface area contributed by atoms with Crippen molar-refractivity contribution in [1.82, 2.24) is 5.16 Å². The highest BCUT2D eigenvalue weighted by Gasteiger charge is 2.14. The minimum absolute atomic E-state index is 0.160. The van der Waals surface area contributed by atoms with Crippen LogP contribution in [-0.2, 0) is 11.2 Å². The van der Waals surface area contributed by atoms with Crippen LogP contribution in [0.25, 0.3) is 0 Å². The van der Waals surface area contributed by atoms with Gasteiger partial charge >= 0.3 is 0 Å². The van der Waals surface area contributed by atoms with Gasteiger partial charge in [0.05, 0.1) is 6.42 Å². The molecule has 0 fully saturated rings. The van der Waals surface area contributed by atoms with Gasteiger partial charge in [-0.2, -0.15) is 0 Å². The zero-order valence-electron chi connectivity index (χ0n) is 10.3. The Hall–Kier alpha value is -2.50. The zero-order chi connectivity index (χ0) is 13.2. The molecule has 0 aliphatic carbocycles. The van der Waals surface area contributed by atoms with Gasteiger partial charge in [0.2, 0.25) is 12.7 Å². The lowest BCUT2D eigenvalue weighted by atomic mass is 10.1. The topological polar surface area (TPSA) is 73.6 Å². The minimum Gasteiger partial charge on any atom is -0.454 e. The second kappa shape index (κ2) is 4.64. The third kappa shape index (κ3) is 2.52. The van der Waals surface area contributed by atoms with Crippen molar-refractivity contribution in [1.29, 1.82) is 0 Å². The van der Waals surface area contributed by atoms with E-state index in [0.717, 1.165) is 5.56 Å². The normalized spacial score (nSPS) is 12.5. The van der Waals surface area contributed by atoms with Crippen molar-refractivity contribution in [3.63, 3.8) is 0 Å². The highest BCUT2D eigenvalue weighted by molar-refractivity contribution is 5.91. The molecule has 0 saturated heterocycles. The number of carbonyl (C=O) groups is 1. The second-order valence-electron chi connectivity index (χ2n) is 4.24. The summed E-state index contributed by atoms with van der Waals surface area (Å²) in [4.78, 5) is 11.8. The Labute approximate surface area is 109 Å². The fourth-order valence-electron chi connectivity index (χ4n) is 1.85.